The van der Waals surface area contributed by atoms with Gasteiger partial charge in [-0.1, -0.05) is 36.4 Å². The van der Waals surface area contributed by atoms with Crippen LogP contribution in [0, 0.1) is 0 Å². The lowest BCUT2D eigenvalue weighted by Crippen LogP contribution is -2.13. The zero-order valence-corrected chi connectivity index (χ0v) is 8.84. The molecule has 0 spiro atoms. The van der Waals surface area contributed by atoms with Crippen molar-refractivity contribution < 1.29 is 19.8 Å². The lowest BCUT2D eigenvalue weighted by atomic mass is 10.1. The van der Waals surface area contributed by atoms with E-state index in [4.69, 9.17) is 5.11 Å². The van der Waals surface area contributed by atoms with E-state index in [2.05, 4.69) is 0 Å². The Morgan fingerprint density at radius 2 is 2.06 bits per heavy atom. The normalized spacial score (nSPS) is 17.3. The van der Waals surface area contributed by atoms with Gasteiger partial charge in [0.25, 0.3) is 0 Å². The van der Waals surface area contributed by atoms with Crippen LogP contribution in [0.5, 0.6) is 0 Å². The summed E-state index contributed by atoms with van der Waals surface area (Å²) < 4.78 is 0. The first kappa shape index (κ1) is 11.1. The molecule has 1 aromatic rings. The molecule has 2 rings (SSSR count). The molecular weight excluding hydrogens is 220 g/mol. The fourth-order valence-corrected chi connectivity index (χ4v) is 1.77. The third-order valence-corrected chi connectivity index (χ3v) is 2.57. The van der Waals surface area contributed by atoms with Crippen molar-refractivity contribution in [1.29, 1.82) is 0 Å². The second kappa shape index (κ2) is 4.25. The Kier molecular flexibility index (Phi) is 2.78. The number of carbonyl (C=O) groups excluding carboxylic acids is 1. The highest BCUT2D eigenvalue weighted by Gasteiger charge is 2.22. The number of fused-ring (bicyclic) bond motifs is 1. The van der Waals surface area contributed by atoms with Gasteiger partial charge >= 0.3 is 5.97 Å². The highest BCUT2D eigenvalue weighted by molar-refractivity contribution is 6.25. The largest absolute Gasteiger partial charge is 0.868 e. The third-order valence-electron chi connectivity index (χ3n) is 2.57. The first-order valence-electron chi connectivity index (χ1n) is 5.03. The maximum atomic E-state index is 11.7. The summed E-state index contributed by atoms with van der Waals surface area (Å²) in [5.41, 5.74) is 2.07. The maximum absolute atomic E-state index is 11.7. The topological polar surface area (TPSA) is 77.4 Å². The molecule has 0 bridgehead atoms. The van der Waals surface area contributed by atoms with E-state index in [1.165, 1.54) is 6.08 Å². The minimum atomic E-state index is -1.53. The molecule has 0 amide bonds. The van der Waals surface area contributed by atoms with Gasteiger partial charge < -0.3 is 10.2 Å². The van der Waals surface area contributed by atoms with E-state index >= 15 is 0 Å². The average molecular weight is 229 g/mol. The zero-order valence-electron chi connectivity index (χ0n) is 8.84. The number of aliphatic carboxylic acids is 1. The molecule has 1 aliphatic carbocycles. The van der Waals surface area contributed by atoms with Crippen LogP contribution in [0.1, 0.15) is 11.1 Å². The van der Waals surface area contributed by atoms with Crippen LogP contribution in [0.15, 0.2) is 42.2 Å². The van der Waals surface area contributed by atoms with Crippen LogP contribution in [-0.4, -0.2) is 16.9 Å². The van der Waals surface area contributed by atoms with Crippen LogP contribution in [0.4, 0.5) is 0 Å². The van der Waals surface area contributed by atoms with Crippen molar-refractivity contribution >= 4 is 17.3 Å². The van der Waals surface area contributed by atoms with E-state index in [0.717, 1.165) is 17.2 Å². The Labute approximate surface area is 97.5 Å². The average Bonchev–Trinajstić information content (AvgIpc) is 2.61. The number of ketones is 1. The van der Waals surface area contributed by atoms with Crippen molar-refractivity contribution in [1.82, 2.24) is 0 Å². The number of rotatable bonds is 2. The van der Waals surface area contributed by atoms with Gasteiger partial charge in [0, 0.05) is 12.0 Å². The SMILES string of the molecule is O=C1Cc2ccccc2/C1=C/C=C(/[O-])C(=O)O. The summed E-state index contributed by atoms with van der Waals surface area (Å²) in [5, 5.41) is 19.3. The fourth-order valence-electron chi connectivity index (χ4n) is 1.77. The summed E-state index contributed by atoms with van der Waals surface area (Å²) in [6.45, 7) is 0. The first-order valence-corrected chi connectivity index (χ1v) is 5.03. The predicted octanol–water partition coefficient (Wildman–Crippen LogP) is 0.524. The molecule has 0 saturated carbocycles. The molecule has 17 heavy (non-hydrogen) atoms. The Balaban J connectivity index is 2.40. The molecule has 1 aliphatic rings. The molecule has 0 heterocycles. The minimum Gasteiger partial charge on any atom is -0.868 e. The molecule has 0 fully saturated rings. The molecule has 0 atom stereocenters. The van der Waals surface area contributed by atoms with Gasteiger partial charge in [-0.05, 0) is 16.9 Å². The number of carboxylic acids is 1. The lowest BCUT2D eigenvalue weighted by molar-refractivity contribution is -0.302. The van der Waals surface area contributed by atoms with Crippen molar-refractivity contribution in [3.05, 3.63) is 53.3 Å². The summed E-state index contributed by atoms with van der Waals surface area (Å²) in [7, 11) is 0. The molecule has 0 aliphatic heterocycles. The Morgan fingerprint density at radius 3 is 2.76 bits per heavy atom. The number of Topliss-reactive ketones (excluding diaryl/α,β-unsaturated/α-hetero) is 1. The van der Waals surface area contributed by atoms with Gasteiger partial charge in [-0.2, -0.15) is 0 Å². The van der Waals surface area contributed by atoms with Crippen LogP contribution < -0.4 is 5.11 Å². The molecular formula is C13H9O4-. The van der Waals surface area contributed by atoms with Crippen molar-refractivity contribution in [3.8, 4) is 0 Å². The van der Waals surface area contributed by atoms with E-state index in [-0.39, 0.29) is 5.78 Å². The van der Waals surface area contributed by atoms with E-state index in [9.17, 15) is 14.7 Å². The fraction of sp³-hybridized carbons (Fsp3) is 0.0769. The van der Waals surface area contributed by atoms with Gasteiger partial charge in [-0.3, -0.25) is 4.79 Å². The molecule has 86 valence electrons. The van der Waals surface area contributed by atoms with Crippen LogP contribution >= 0.6 is 0 Å². The van der Waals surface area contributed by atoms with Crippen molar-refractivity contribution in [2.75, 3.05) is 0 Å². The van der Waals surface area contributed by atoms with Crippen molar-refractivity contribution in [2.24, 2.45) is 0 Å². The molecule has 0 saturated heterocycles. The Hall–Kier alpha value is -2.36. The highest BCUT2D eigenvalue weighted by atomic mass is 16.4. The van der Waals surface area contributed by atoms with Gasteiger partial charge in [-0.15, -0.1) is 0 Å². The van der Waals surface area contributed by atoms with Crippen LogP contribution in [-0.2, 0) is 16.0 Å². The molecule has 4 heteroatoms. The molecule has 1 aromatic carbocycles. The van der Waals surface area contributed by atoms with E-state index < -0.39 is 11.7 Å². The number of carbonyl (C=O) groups is 2. The summed E-state index contributed by atoms with van der Waals surface area (Å²) in [4.78, 5) is 22.0. The third kappa shape index (κ3) is 2.10. The Morgan fingerprint density at radius 1 is 1.35 bits per heavy atom. The maximum Gasteiger partial charge on any atom is 0.320 e. The van der Waals surface area contributed by atoms with Gasteiger partial charge in [0.15, 0.2) is 5.78 Å². The molecule has 0 radical (unpaired) electrons. The summed E-state index contributed by atoms with van der Waals surface area (Å²) in [6, 6.07) is 7.25. The number of carboxylic acid groups (broad SMARTS) is 1. The summed E-state index contributed by atoms with van der Waals surface area (Å²) in [5.74, 6) is -2.66. The van der Waals surface area contributed by atoms with Gasteiger partial charge in [0.1, 0.15) is 0 Å². The molecule has 1 N–H and O–H groups in total. The Bertz CT molecular complexity index is 552. The molecule has 4 nitrogen and oxygen atoms in total. The quantitative estimate of drug-likeness (QED) is 0.592. The molecule has 0 aromatic heterocycles. The van der Waals surface area contributed by atoms with Gasteiger partial charge in [0.05, 0.1) is 0 Å². The van der Waals surface area contributed by atoms with Crippen LogP contribution in [0.3, 0.4) is 0 Å². The predicted molar refractivity (Wildman–Crippen MR) is 58.8 cm³/mol. The van der Waals surface area contributed by atoms with Crippen LogP contribution in [0.25, 0.3) is 5.57 Å². The number of hydrogen-bond donors (Lipinski definition) is 1. The first-order chi connectivity index (χ1) is 8.09. The van der Waals surface area contributed by atoms with Crippen molar-refractivity contribution in [3.63, 3.8) is 0 Å². The number of allylic oxidation sites excluding steroid dienone is 3. The highest BCUT2D eigenvalue weighted by Crippen LogP contribution is 2.29. The zero-order chi connectivity index (χ0) is 12.4. The number of hydrogen-bond acceptors (Lipinski definition) is 3. The summed E-state index contributed by atoms with van der Waals surface area (Å²) in [6.07, 6.45) is 2.50. The standard InChI is InChI=1S/C13H10O4/c14-11(13(16)17)6-5-10-9-4-2-1-3-8(9)7-12(10)15/h1-6,14H,7H2,(H,16,17)/p-1/b10-5-,11-6+. The van der Waals surface area contributed by atoms with E-state index in [1.807, 2.05) is 12.1 Å². The second-order valence-corrected chi connectivity index (χ2v) is 3.67. The smallest absolute Gasteiger partial charge is 0.320 e. The number of benzene rings is 1. The van der Waals surface area contributed by atoms with Crippen molar-refractivity contribution in [2.45, 2.75) is 6.42 Å². The van der Waals surface area contributed by atoms with E-state index in [0.29, 0.717) is 12.0 Å². The van der Waals surface area contributed by atoms with E-state index in [1.54, 1.807) is 12.1 Å². The monoisotopic (exact) mass is 229 g/mol. The van der Waals surface area contributed by atoms with Crippen LogP contribution in [0.2, 0.25) is 0 Å². The lowest BCUT2D eigenvalue weighted by Gasteiger charge is -2.03. The van der Waals surface area contributed by atoms with Gasteiger partial charge in [0.2, 0.25) is 0 Å². The minimum absolute atomic E-state index is 0.0966. The summed E-state index contributed by atoms with van der Waals surface area (Å²) >= 11 is 0. The van der Waals surface area contributed by atoms with Gasteiger partial charge in [-0.25, -0.2) is 4.79 Å². The second-order valence-electron chi connectivity index (χ2n) is 3.67. The molecule has 0 unspecified atom stereocenters.